The Morgan fingerprint density at radius 3 is 2.75 bits per heavy atom. The molecule has 0 amide bonds. The average molecular weight is 342 g/mol. The lowest BCUT2D eigenvalue weighted by Gasteiger charge is -2.35. The summed E-state index contributed by atoms with van der Waals surface area (Å²) >= 11 is 6.50. The molecule has 0 saturated carbocycles. The van der Waals surface area contributed by atoms with E-state index in [4.69, 9.17) is 17.3 Å². The van der Waals surface area contributed by atoms with Crippen LogP contribution in [-0.2, 0) is 0 Å². The molecule has 2 aromatic heterocycles. The van der Waals surface area contributed by atoms with Crippen LogP contribution in [0.25, 0.3) is 22.2 Å². The molecule has 5 nitrogen and oxygen atoms in total. The third-order valence-electron chi connectivity index (χ3n) is 4.58. The first-order chi connectivity index (χ1) is 11.6. The highest BCUT2D eigenvalue weighted by Gasteiger charge is 2.27. The molecule has 1 aliphatic heterocycles. The van der Waals surface area contributed by atoms with Crippen molar-refractivity contribution in [3.63, 3.8) is 0 Å². The van der Waals surface area contributed by atoms with Gasteiger partial charge in [-0.2, -0.15) is 0 Å². The Balaban J connectivity index is 1.91. The van der Waals surface area contributed by atoms with Gasteiger partial charge in [-0.15, -0.1) is 0 Å². The van der Waals surface area contributed by atoms with Crippen LogP contribution in [0.3, 0.4) is 0 Å². The number of benzene rings is 1. The summed E-state index contributed by atoms with van der Waals surface area (Å²) in [6.45, 7) is 3.97. The van der Waals surface area contributed by atoms with E-state index in [1.807, 2.05) is 18.2 Å². The largest absolute Gasteiger partial charge is 0.354 e. The third kappa shape index (κ3) is 2.64. The average Bonchev–Trinajstić information content (AvgIpc) is 2.90. The maximum atomic E-state index is 6.50. The molecule has 4 rings (SSSR count). The van der Waals surface area contributed by atoms with Crippen LogP contribution >= 0.6 is 11.6 Å². The number of hydrogen-bond donors (Lipinski definition) is 2. The highest BCUT2D eigenvalue weighted by atomic mass is 35.5. The summed E-state index contributed by atoms with van der Waals surface area (Å²) in [6, 6.07) is 10.3. The number of nitrogens with zero attached hydrogens (tertiary/aromatic N) is 3. The number of nitrogens with one attached hydrogen (secondary N) is 1. The second kappa shape index (κ2) is 6.07. The van der Waals surface area contributed by atoms with E-state index in [0.717, 1.165) is 47.5 Å². The number of aromatic amines is 1. The van der Waals surface area contributed by atoms with E-state index in [9.17, 15) is 0 Å². The van der Waals surface area contributed by atoms with Gasteiger partial charge in [-0.25, -0.2) is 9.97 Å². The van der Waals surface area contributed by atoms with Crippen LogP contribution in [-0.4, -0.2) is 34.1 Å². The minimum atomic E-state index is 0.161. The number of anilines is 1. The maximum absolute atomic E-state index is 6.50. The van der Waals surface area contributed by atoms with E-state index in [0.29, 0.717) is 11.1 Å². The Morgan fingerprint density at radius 1 is 1.21 bits per heavy atom. The molecule has 24 heavy (non-hydrogen) atoms. The van der Waals surface area contributed by atoms with Crippen molar-refractivity contribution in [1.29, 1.82) is 0 Å². The summed E-state index contributed by atoms with van der Waals surface area (Å²) in [5.41, 5.74) is 9.00. The fourth-order valence-electron chi connectivity index (χ4n) is 3.67. The van der Waals surface area contributed by atoms with Crippen molar-refractivity contribution in [1.82, 2.24) is 15.0 Å². The first-order valence-electron chi connectivity index (χ1n) is 8.21. The van der Waals surface area contributed by atoms with Crippen molar-refractivity contribution in [2.24, 2.45) is 11.7 Å². The molecule has 0 spiro atoms. The second-order valence-electron chi connectivity index (χ2n) is 6.61. The van der Waals surface area contributed by atoms with Crippen LogP contribution in [0, 0.1) is 5.92 Å². The zero-order valence-corrected chi connectivity index (χ0v) is 14.3. The minimum absolute atomic E-state index is 0.161. The van der Waals surface area contributed by atoms with Gasteiger partial charge in [0.05, 0.1) is 5.39 Å². The summed E-state index contributed by atoms with van der Waals surface area (Å²) < 4.78 is 0. The molecule has 2 atom stereocenters. The second-order valence-corrected chi connectivity index (χ2v) is 6.98. The summed E-state index contributed by atoms with van der Waals surface area (Å²) in [5, 5.41) is 1.56. The fraction of sp³-hybridized carbons (Fsp3) is 0.333. The van der Waals surface area contributed by atoms with E-state index < -0.39 is 0 Å². The number of fused-ring (bicyclic) bond motifs is 1. The first-order valence-corrected chi connectivity index (χ1v) is 8.59. The molecule has 3 heterocycles. The van der Waals surface area contributed by atoms with E-state index in [1.54, 1.807) is 6.33 Å². The smallest absolute Gasteiger partial charge is 0.144 e. The lowest BCUT2D eigenvalue weighted by Crippen LogP contribution is -2.46. The van der Waals surface area contributed by atoms with Crippen molar-refractivity contribution in [3.05, 3.63) is 41.8 Å². The van der Waals surface area contributed by atoms with Crippen molar-refractivity contribution >= 4 is 28.5 Å². The highest BCUT2D eigenvalue weighted by Crippen LogP contribution is 2.39. The van der Waals surface area contributed by atoms with Gasteiger partial charge in [0.25, 0.3) is 0 Å². The zero-order valence-electron chi connectivity index (χ0n) is 13.5. The topological polar surface area (TPSA) is 70.8 Å². The molecule has 0 bridgehead atoms. The lowest BCUT2D eigenvalue weighted by molar-refractivity contribution is 0.400. The molecule has 1 saturated heterocycles. The number of piperidine rings is 1. The Hall–Kier alpha value is -2.11. The van der Waals surface area contributed by atoms with E-state index in [2.05, 4.69) is 38.9 Å². The van der Waals surface area contributed by atoms with Gasteiger partial charge in [0.15, 0.2) is 0 Å². The molecule has 3 aromatic rings. The molecule has 1 fully saturated rings. The van der Waals surface area contributed by atoms with Crippen LogP contribution < -0.4 is 10.6 Å². The SMILES string of the molecule is C[C@H]1C[C@@H](N)CN(c2ncnc3[nH]c(Cl)c(-c4ccccc4)c23)C1. The van der Waals surface area contributed by atoms with Gasteiger partial charge in [0, 0.05) is 24.7 Å². The van der Waals surface area contributed by atoms with Crippen LogP contribution in [0.1, 0.15) is 13.3 Å². The monoisotopic (exact) mass is 341 g/mol. The maximum Gasteiger partial charge on any atom is 0.144 e. The molecular weight excluding hydrogens is 322 g/mol. The van der Waals surface area contributed by atoms with Gasteiger partial charge < -0.3 is 15.6 Å². The molecule has 1 aliphatic rings. The quantitative estimate of drug-likeness (QED) is 0.749. The van der Waals surface area contributed by atoms with Gasteiger partial charge in [0.1, 0.15) is 22.9 Å². The van der Waals surface area contributed by atoms with Gasteiger partial charge in [-0.1, -0.05) is 48.9 Å². The van der Waals surface area contributed by atoms with Crippen molar-refractivity contribution < 1.29 is 0 Å². The van der Waals surface area contributed by atoms with Crippen molar-refractivity contribution in [3.8, 4) is 11.1 Å². The summed E-state index contributed by atoms with van der Waals surface area (Å²) in [7, 11) is 0. The normalized spacial score (nSPS) is 21.4. The number of hydrogen-bond acceptors (Lipinski definition) is 4. The number of rotatable bonds is 2. The molecule has 0 unspecified atom stereocenters. The van der Waals surface area contributed by atoms with Gasteiger partial charge in [-0.05, 0) is 17.9 Å². The van der Waals surface area contributed by atoms with Gasteiger partial charge in [0.2, 0.25) is 0 Å². The summed E-state index contributed by atoms with van der Waals surface area (Å²) in [4.78, 5) is 14.4. The molecule has 0 radical (unpaired) electrons. The van der Waals surface area contributed by atoms with Crippen LogP contribution in [0.5, 0.6) is 0 Å². The third-order valence-corrected chi connectivity index (χ3v) is 4.86. The van der Waals surface area contributed by atoms with Crippen molar-refractivity contribution in [2.45, 2.75) is 19.4 Å². The predicted octanol–water partition coefficient (Wildman–Crippen LogP) is 3.45. The Labute approximate surface area is 145 Å². The fourth-order valence-corrected chi connectivity index (χ4v) is 3.96. The van der Waals surface area contributed by atoms with Crippen LogP contribution in [0.4, 0.5) is 5.82 Å². The molecular formula is C18H20ClN5. The molecule has 124 valence electrons. The highest BCUT2D eigenvalue weighted by molar-refractivity contribution is 6.35. The Kier molecular flexibility index (Phi) is 3.90. The van der Waals surface area contributed by atoms with Gasteiger partial charge in [-0.3, -0.25) is 0 Å². The molecule has 0 aliphatic carbocycles. The van der Waals surface area contributed by atoms with Gasteiger partial charge >= 0.3 is 0 Å². The number of halogens is 1. The van der Waals surface area contributed by atoms with E-state index in [1.165, 1.54) is 0 Å². The number of H-pyrrole nitrogens is 1. The van der Waals surface area contributed by atoms with Crippen LogP contribution in [0.2, 0.25) is 5.15 Å². The molecule has 3 N–H and O–H groups in total. The molecule has 6 heteroatoms. The number of nitrogens with two attached hydrogens (primary N) is 1. The first kappa shape index (κ1) is 15.4. The van der Waals surface area contributed by atoms with Crippen LogP contribution in [0.15, 0.2) is 36.7 Å². The predicted molar refractivity (Wildman–Crippen MR) is 98.3 cm³/mol. The van der Waals surface area contributed by atoms with E-state index >= 15 is 0 Å². The standard InChI is InChI=1S/C18H20ClN5/c1-11-7-13(20)9-24(8-11)18-15-14(12-5-3-2-4-6-12)16(19)23-17(15)21-10-22-18/h2-6,10-11,13H,7-9,20H2,1H3,(H,21,22,23)/t11-,13+/m0/s1. The Morgan fingerprint density at radius 2 is 2.00 bits per heavy atom. The van der Waals surface area contributed by atoms with Crippen molar-refractivity contribution in [2.75, 3.05) is 18.0 Å². The minimum Gasteiger partial charge on any atom is -0.354 e. The van der Waals surface area contributed by atoms with E-state index in [-0.39, 0.29) is 6.04 Å². The summed E-state index contributed by atoms with van der Waals surface area (Å²) in [6.07, 6.45) is 2.63. The Bertz CT molecular complexity index is 850. The lowest BCUT2D eigenvalue weighted by atomic mass is 9.96. The summed E-state index contributed by atoms with van der Waals surface area (Å²) in [5.74, 6) is 1.44. The number of aromatic nitrogens is 3. The molecule has 1 aromatic carbocycles. The zero-order chi connectivity index (χ0) is 16.7.